The summed E-state index contributed by atoms with van der Waals surface area (Å²) in [5.41, 5.74) is 0. The van der Waals surface area contributed by atoms with E-state index < -0.39 is 0 Å². The van der Waals surface area contributed by atoms with Crippen LogP contribution >= 0.6 is 24.0 Å². The van der Waals surface area contributed by atoms with Gasteiger partial charge in [0, 0.05) is 23.3 Å². The molecule has 2 N–H and O–H groups in total. The number of piperazine rings is 1. The lowest BCUT2D eigenvalue weighted by Gasteiger charge is -2.32. The Morgan fingerprint density at radius 2 is 1.79 bits per heavy atom. The first-order valence-electron chi connectivity index (χ1n) is 8.25. The second-order valence-corrected chi connectivity index (χ2v) is 7.17. The fraction of sp³-hybridized carbons (Fsp3) is 0.333. The standard InChI is InChI=1S/C18H22N4S2/c23-18(20-10-15-24-16-6-2-1-3-7-16)22-13-11-21(12-14-22)17-8-4-5-9-19-17/h1-9H,10-15H2,(H,20,23)/p+1. The molecule has 0 aliphatic carbocycles. The van der Waals surface area contributed by atoms with Crippen LogP contribution in [-0.4, -0.2) is 48.5 Å². The van der Waals surface area contributed by atoms with Crippen LogP contribution in [-0.2, 0) is 0 Å². The molecule has 1 aromatic carbocycles. The fourth-order valence-corrected chi connectivity index (χ4v) is 3.76. The zero-order valence-corrected chi connectivity index (χ0v) is 15.3. The Morgan fingerprint density at radius 3 is 2.50 bits per heavy atom. The van der Waals surface area contributed by atoms with Gasteiger partial charge >= 0.3 is 0 Å². The molecule has 0 unspecified atom stereocenters. The third-order valence-electron chi connectivity index (χ3n) is 3.99. The highest BCUT2D eigenvalue weighted by atomic mass is 32.2. The quantitative estimate of drug-likeness (QED) is 0.503. The van der Waals surface area contributed by atoms with Crippen LogP contribution in [0.15, 0.2) is 59.6 Å². The van der Waals surface area contributed by atoms with Crippen LogP contribution in [0, 0.1) is 0 Å². The molecule has 6 heteroatoms. The lowest BCUT2D eigenvalue weighted by atomic mass is 10.3. The van der Waals surface area contributed by atoms with Gasteiger partial charge in [0.25, 0.3) is 5.82 Å². The van der Waals surface area contributed by atoms with Gasteiger partial charge in [-0.2, -0.15) is 0 Å². The number of anilines is 1. The molecule has 0 atom stereocenters. The van der Waals surface area contributed by atoms with E-state index >= 15 is 0 Å². The number of aromatic nitrogens is 1. The van der Waals surface area contributed by atoms with Gasteiger partial charge in [-0.1, -0.05) is 24.3 Å². The van der Waals surface area contributed by atoms with Crippen LogP contribution in [0.3, 0.4) is 0 Å². The van der Waals surface area contributed by atoms with Gasteiger partial charge in [0.05, 0.1) is 19.3 Å². The number of aromatic amines is 1. The topological polar surface area (TPSA) is 32.6 Å². The number of benzene rings is 1. The first-order valence-corrected chi connectivity index (χ1v) is 9.64. The molecule has 126 valence electrons. The van der Waals surface area contributed by atoms with E-state index in [-0.39, 0.29) is 0 Å². The predicted molar refractivity (Wildman–Crippen MR) is 105 cm³/mol. The van der Waals surface area contributed by atoms with Gasteiger partial charge in [-0.3, -0.25) is 4.90 Å². The Balaban J connectivity index is 1.36. The summed E-state index contributed by atoms with van der Waals surface area (Å²) >= 11 is 7.39. The van der Waals surface area contributed by atoms with Gasteiger partial charge in [-0.15, -0.1) is 11.8 Å². The van der Waals surface area contributed by atoms with Gasteiger partial charge in [0.15, 0.2) is 5.11 Å². The Bertz CT molecular complexity index is 628. The van der Waals surface area contributed by atoms with Crippen LogP contribution in [0.5, 0.6) is 0 Å². The van der Waals surface area contributed by atoms with E-state index in [0.717, 1.165) is 43.6 Å². The summed E-state index contributed by atoms with van der Waals surface area (Å²) in [7, 11) is 0. The number of hydrogen-bond acceptors (Lipinski definition) is 3. The second kappa shape index (κ2) is 8.89. The lowest BCUT2D eigenvalue weighted by Crippen LogP contribution is -2.52. The first-order chi connectivity index (χ1) is 11.8. The average molecular weight is 360 g/mol. The molecule has 1 aliphatic heterocycles. The monoisotopic (exact) mass is 359 g/mol. The van der Waals surface area contributed by atoms with Crippen molar-refractivity contribution in [2.45, 2.75) is 4.90 Å². The Kier molecular flexibility index (Phi) is 6.32. The molecule has 2 heterocycles. The smallest absolute Gasteiger partial charge is 0.274 e. The second-order valence-electron chi connectivity index (χ2n) is 5.62. The molecule has 0 amide bonds. The summed E-state index contributed by atoms with van der Waals surface area (Å²) in [6.45, 7) is 4.79. The molecule has 1 aliphatic rings. The molecule has 0 spiro atoms. The molecular weight excluding hydrogens is 336 g/mol. The van der Waals surface area contributed by atoms with Gasteiger partial charge < -0.3 is 10.2 Å². The minimum absolute atomic E-state index is 0.875. The summed E-state index contributed by atoms with van der Waals surface area (Å²) in [5, 5.41) is 4.26. The molecule has 0 radical (unpaired) electrons. The highest BCUT2D eigenvalue weighted by Gasteiger charge is 2.24. The Labute approximate surface area is 153 Å². The number of thioether (sulfide) groups is 1. The number of H-pyrrole nitrogens is 1. The molecule has 2 aromatic rings. The highest BCUT2D eigenvalue weighted by Crippen LogP contribution is 2.16. The van der Waals surface area contributed by atoms with Crippen LogP contribution in [0.1, 0.15) is 0 Å². The van der Waals surface area contributed by atoms with Crippen LogP contribution in [0.4, 0.5) is 5.82 Å². The van der Waals surface area contributed by atoms with E-state index in [1.54, 1.807) is 0 Å². The van der Waals surface area contributed by atoms with E-state index in [2.05, 4.69) is 56.5 Å². The number of pyridine rings is 1. The molecule has 1 saturated heterocycles. The molecule has 1 aromatic heterocycles. The molecule has 4 nitrogen and oxygen atoms in total. The number of hydrogen-bond donors (Lipinski definition) is 1. The van der Waals surface area contributed by atoms with Crippen molar-refractivity contribution < 1.29 is 4.98 Å². The van der Waals surface area contributed by atoms with Crippen molar-refractivity contribution in [3.63, 3.8) is 0 Å². The number of thiocarbonyl (C=S) groups is 1. The maximum atomic E-state index is 5.54. The number of nitrogens with one attached hydrogen (secondary N) is 2. The molecule has 3 rings (SSSR count). The van der Waals surface area contributed by atoms with Gasteiger partial charge in [0.1, 0.15) is 13.1 Å². The molecule has 1 fully saturated rings. The maximum Gasteiger partial charge on any atom is 0.274 e. The zero-order chi connectivity index (χ0) is 16.6. The van der Waals surface area contributed by atoms with Crippen LogP contribution in [0.25, 0.3) is 0 Å². The van der Waals surface area contributed by atoms with Gasteiger partial charge in [-0.05, 0) is 30.4 Å². The molecule has 0 saturated carbocycles. The predicted octanol–water partition coefficient (Wildman–Crippen LogP) is 2.29. The Morgan fingerprint density at radius 1 is 1.04 bits per heavy atom. The highest BCUT2D eigenvalue weighted by molar-refractivity contribution is 7.99. The third kappa shape index (κ3) is 4.85. The Hall–Kier alpha value is -1.79. The number of nitrogens with zero attached hydrogens (tertiary/aromatic N) is 2. The summed E-state index contributed by atoms with van der Waals surface area (Å²) in [6.07, 6.45) is 1.97. The van der Waals surface area contributed by atoms with E-state index in [1.165, 1.54) is 10.7 Å². The third-order valence-corrected chi connectivity index (χ3v) is 5.41. The van der Waals surface area contributed by atoms with Crippen molar-refractivity contribution in [2.24, 2.45) is 0 Å². The molecule has 0 bridgehead atoms. The van der Waals surface area contributed by atoms with Crippen molar-refractivity contribution >= 4 is 34.9 Å². The summed E-state index contributed by atoms with van der Waals surface area (Å²) in [6, 6.07) is 16.7. The molecular formula is C18H23N4S2+. The first kappa shape index (κ1) is 17.0. The molecule has 24 heavy (non-hydrogen) atoms. The SMILES string of the molecule is S=C(NCCSc1ccccc1)N1CCN(c2cccc[nH+]2)CC1. The minimum atomic E-state index is 0.875. The summed E-state index contributed by atoms with van der Waals surface area (Å²) in [5.74, 6) is 2.19. The normalized spacial score (nSPS) is 14.5. The fourth-order valence-electron chi connectivity index (χ4n) is 2.69. The van der Waals surface area contributed by atoms with Crippen molar-refractivity contribution in [2.75, 3.05) is 43.4 Å². The van der Waals surface area contributed by atoms with Crippen molar-refractivity contribution in [1.82, 2.24) is 10.2 Å². The van der Waals surface area contributed by atoms with Gasteiger partial charge in [-0.25, -0.2) is 4.98 Å². The summed E-state index contributed by atoms with van der Waals surface area (Å²) in [4.78, 5) is 9.23. The van der Waals surface area contributed by atoms with Crippen molar-refractivity contribution in [1.29, 1.82) is 0 Å². The van der Waals surface area contributed by atoms with E-state index in [9.17, 15) is 0 Å². The van der Waals surface area contributed by atoms with E-state index in [4.69, 9.17) is 12.2 Å². The van der Waals surface area contributed by atoms with E-state index in [1.807, 2.05) is 30.1 Å². The van der Waals surface area contributed by atoms with Crippen LogP contribution in [0.2, 0.25) is 0 Å². The van der Waals surface area contributed by atoms with Crippen molar-refractivity contribution in [3.05, 3.63) is 54.7 Å². The lowest BCUT2D eigenvalue weighted by molar-refractivity contribution is -0.364. The largest absolute Gasteiger partial charge is 0.362 e. The van der Waals surface area contributed by atoms with Gasteiger partial charge in [0.2, 0.25) is 0 Å². The van der Waals surface area contributed by atoms with Crippen LogP contribution < -0.4 is 15.2 Å². The summed E-state index contributed by atoms with van der Waals surface area (Å²) < 4.78 is 0. The number of rotatable bonds is 5. The zero-order valence-electron chi connectivity index (χ0n) is 13.6. The van der Waals surface area contributed by atoms with Crippen molar-refractivity contribution in [3.8, 4) is 0 Å². The minimum Gasteiger partial charge on any atom is -0.362 e. The van der Waals surface area contributed by atoms with E-state index in [0.29, 0.717) is 0 Å². The average Bonchev–Trinajstić information content (AvgIpc) is 2.67. The maximum absolute atomic E-state index is 5.54.